The molecule has 0 amide bonds. The van der Waals surface area contributed by atoms with Crippen LogP contribution >= 0.6 is 0 Å². The highest BCUT2D eigenvalue weighted by Gasteiger charge is 2.16. The molecule has 6 heteroatoms. The van der Waals surface area contributed by atoms with E-state index in [9.17, 15) is 9.59 Å². The van der Waals surface area contributed by atoms with Crippen molar-refractivity contribution in [2.45, 2.75) is 13.8 Å². The standard InChI is InChI=1S/C19H15N3O3/c1-11-7-8-15-16(9-11)20-18(19(24)21-15)14-10-22(25-12(2)23)17-6-4-3-5-13(14)17/h3-10H,1-2H3,(H,21,24). The molecule has 0 aliphatic rings. The van der Waals surface area contributed by atoms with Crippen molar-refractivity contribution < 1.29 is 9.63 Å². The summed E-state index contributed by atoms with van der Waals surface area (Å²) in [6.07, 6.45) is 1.62. The number of carbonyl (C=O) groups excluding carboxylic acids is 1. The van der Waals surface area contributed by atoms with E-state index in [4.69, 9.17) is 4.84 Å². The van der Waals surface area contributed by atoms with Crippen molar-refractivity contribution in [2.75, 3.05) is 0 Å². The minimum atomic E-state index is -0.441. The second kappa shape index (κ2) is 5.59. The van der Waals surface area contributed by atoms with Crippen LogP contribution in [0.25, 0.3) is 33.2 Å². The number of hydrogen-bond acceptors (Lipinski definition) is 4. The average Bonchev–Trinajstić information content (AvgIpc) is 2.93. The third kappa shape index (κ3) is 2.57. The van der Waals surface area contributed by atoms with Gasteiger partial charge in [-0.3, -0.25) is 4.79 Å². The molecule has 0 unspecified atom stereocenters. The lowest BCUT2D eigenvalue weighted by Crippen LogP contribution is -2.15. The molecule has 0 atom stereocenters. The highest BCUT2D eigenvalue weighted by molar-refractivity contribution is 5.96. The molecule has 4 aromatic rings. The average molecular weight is 333 g/mol. The second-order valence-electron chi connectivity index (χ2n) is 5.90. The maximum absolute atomic E-state index is 12.6. The number of nitrogens with one attached hydrogen (secondary N) is 1. The monoisotopic (exact) mass is 333 g/mol. The number of aromatic nitrogens is 3. The maximum Gasteiger partial charge on any atom is 0.329 e. The largest absolute Gasteiger partial charge is 0.337 e. The molecular weight excluding hydrogens is 318 g/mol. The van der Waals surface area contributed by atoms with Gasteiger partial charge in [0.15, 0.2) is 0 Å². The summed E-state index contributed by atoms with van der Waals surface area (Å²) in [6.45, 7) is 3.30. The first kappa shape index (κ1) is 15.1. The first-order valence-electron chi connectivity index (χ1n) is 7.83. The maximum atomic E-state index is 12.6. The van der Waals surface area contributed by atoms with Gasteiger partial charge in [-0.15, -0.1) is 0 Å². The van der Waals surface area contributed by atoms with E-state index in [2.05, 4.69) is 9.97 Å². The molecule has 2 heterocycles. The van der Waals surface area contributed by atoms with Crippen molar-refractivity contribution in [1.82, 2.24) is 14.7 Å². The van der Waals surface area contributed by atoms with Gasteiger partial charge >= 0.3 is 5.97 Å². The van der Waals surface area contributed by atoms with E-state index in [0.717, 1.165) is 10.9 Å². The molecule has 2 aromatic heterocycles. The Morgan fingerprint density at radius 2 is 2.00 bits per heavy atom. The van der Waals surface area contributed by atoms with Gasteiger partial charge < -0.3 is 9.82 Å². The predicted octanol–water partition coefficient (Wildman–Crippen LogP) is 2.83. The summed E-state index contributed by atoms with van der Waals surface area (Å²) in [4.78, 5) is 36.5. The summed E-state index contributed by atoms with van der Waals surface area (Å²) in [5.41, 5.74) is 3.75. The molecule has 0 aliphatic carbocycles. The number of H-pyrrole nitrogens is 1. The molecule has 0 fully saturated rings. The Kier molecular flexibility index (Phi) is 3.39. The second-order valence-corrected chi connectivity index (χ2v) is 5.90. The van der Waals surface area contributed by atoms with Crippen molar-refractivity contribution in [3.63, 3.8) is 0 Å². The summed E-state index contributed by atoms with van der Waals surface area (Å²) in [5.74, 6) is -0.441. The summed E-state index contributed by atoms with van der Waals surface area (Å²) < 4.78 is 1.37. The highest BCUT2D eigenvalue weighted by atomic mass is 16.7. The van der Waals surface area contributed by atoms with Crippen LogP contribution in [0.4, 0.5) is 0 Å². The summed E-state index contributed by atoms with van der Waals surface area (Å²) in [6, 6.07) is 13.1. The van der Waals surface area contributed by atoms with Gasteiger partial charge in [-0.2, -0.15) is 4.73 Å². The Morgan fingerprint density at radius 3 is 2.80 bits per heavy atom. The van der Waals surface area contributed by atoms with Crippen LogP contribution in [-0.2, 0) is 4.79 Å². The van der Waals surface area contributed by atoms with E-state index in [1.807, 2.05) is 49.4 Å². The molecule has 25 heavy (non-hydrogen) atoms. The van der Waals surface area contributed by atoms with Crippen LogP contribution in [0.1, 0.15) is 12.5 Å². The minimum absolute atomic E-state index is 0.290. The molecule has 0 spiro atoms. The number of fused-ring (bicyclic) bond motifs is 2. The summed E-state index contributed by atoms with van der Waals surface area (Å²) in [5, 5.41) is 0.786. The van der Waals surface area contributed by atoms with Crippen LogP contribution in [0.5, 0.6) is 0 Å². The van der Waals surface area contributed by atoms with Crippen LogP contribution in [0, 0.1) is 6.92 Å². The molecule has 2 aromatic carbocycles. The van der Waals surface area contributed by atoms with E-state index in [1.165, 1.54) is 11.7 Å². The molecule has 124 valence electrons. The first-order valence-corrected chi connectivity index (χ1v) is 7.83. The Labute approximate surface area is 142 Å². The van der Waals surface area contributed by atoms with Crippen LogP contribution in [-0.4, -0.2) is 20.7 Å². The lowest BCUT2D eigenvalue weighted by molar-refractivity contribution is -0.140. The Bertz CT molecular complexity index is 1190. The molecule has 0 radical (unpaired) electrons. The third-order valence-corrected chi connectivity index (χ3v) is 4.01. The summed E-state index contributed by atoms with van der Waals surface area (Å²) in [7, 11) is 0. The number of aromatic amines is 1. The lowest BCUT2D eigenvalue weighted by atomic mass is 10.1. The van der Waals surface area contributed by atoms with Gasteiger partial charge in [0, 0.05) is 17.9 Å². The van der Waals surface area contributed by atoms with Crippen molar-refractivity contribution in [3.8, 4) is 11.3 Å². The Hall–Kier alpha value is -3.41. The number of nitrogens with zero attached hydrogens (tertiary/aromatic N) is 2. The summed E-state index contributed by atoms with van der Waals surface area (Å²) >= 11 is 0. The van der Waals surface area contributed by atoms with E-state index >= 15 is 0 Å². The smallest absolute Gasteiger partial charge is 0.329 e. The van der Waals surface area contributed by atoms with Gasteiger partial charge in [0.25, 0.3) is 5.56 Å². The van der Waals surface area contributed by atoms with Crippen LogP contribution in [0.15, 0.2) is 53.5 Å². The molecule has 0 saturated heterocycles. The topological polar surface area (TPSA) is 77.0 Å². The van der Waals surface area contributed by atoms with Crippen LogP contribution < -0.4 is 10.4 Å². The zero-order valence-corrected chi connectivity index (χ0v) is 13.7. The van der Waals surface area contributed by atoms with Crippen molar-refractivity contribution in [3.05, 3.63) is 64.6 Å². The molecule has 0 saturated carbocycles. The fourth-order valence-corrected chi connectivity index (χ4v) is 2.93. The van der Waals surface area contributed by atoms with E-state index in [-0.39, 0.29) is 5.56 Å². The SMILES string of the molecule is CC(=O)On1cc(-c2nc3cc(C)ccc3[nH]c2=O)c2ccccc21. The number of para-hydroxylation sites is 1. The fourth-order valence-electron chi connectivity index (χ4n) is 2.93. The fraction of sp³-hybridized carbons (Fsp3) is 0.105. The van der Waals surface area contributed by atoms with Crippen LogP contribution in [0.2, 0.25) is 0 Å². The molecule has 0 bridgehead atoms. The lowest BCUT2D eigenvalue weighted by Gasteiger charge is -2.03. The molecule has 0 aliphatic heterocycles. The zero-order chi connectivity index (χ0) is 17.6. The third-order valence-electron chi connectivity index (χ3n) is 4.01. The number of carbonyl (C=O) groups is 1. The number of benzene rings is 2. The quantitative estimate of drug-likeness (QED) is 0.612. The number of hydrogen-bond donors (Lipinski definition) is 1. The van der Waals surface area contributed by atoms with E-state index in [0.29, 0.717) is 27.8 Å². The zero-order valence-electron chi connectivity index (χ0n) is 13.7. The van der Waals surface area contributed by atoms with E-state index in [1.54, 1.807) is 6.20 Å². The Balaban J connectivity index is 2.01. The van der Waals surface area contributed by atoms with Crippen LogP contribution in [0.3, 0.4) is 0 Å². The van der Waals surface area contributed by atoms with Gasteiger partial charge in [0.05, 0.1) is 22.7 Å². The van der Waals surface area contributed by atoms with E-state index < -0.39 is 5.97 Å². The van der Waals surface area contributed by atoms with Crippen molar-refractivity contribution in [1.29, 1.82) is 0 Å². The molecule has 4 rings (SSSR count). The Morgan fingerprint density at radius 1 is 1.20 bits per heavy atom. The number of rotatable bonds is 2. The molecule has 1 N–H and O–H groups in total. The normalized spacial score (nSPS) is 11.1. The van der Waals surface area contributed by atoms with Gasteiger partial charge in [-0.25, -0.2) is 9.78 Å². The minimum Gasteiger partial charge on any atom is -0.337 e. The van der Waals surface area contributed by atoms with Gasteiger partial charge in [0.1, 0.15) is 5.69 Å². The van der Waals surface area contributed by atoms with Crippen molar-refractivity contribution in [2.24, 2.45) is 0 Å². The molecule has 6 nitrogen and oxygen atoms in total. The first-order chi connectivity index (χ1) is 12.0. The number of aryl methyl sites for hydroxylation is 1. The predicted molar refractivity (Wildman–Crippen MR) is 95.3 cm³/mol. The van der Waals surface area contributed by atoms with Gasteiger partial charge in [-0.05, 0) is 30.7 Å². The highest BCUT2D eigenvalue weighted by Crippen LogP contribution is 2.28. The van der Waals surface area contributed by atoms with Crippen molar-refractivity contribution >= 4 is 27.9 Å². The van der Waals surface area contributed by atoms with Gasteiger partial charge in [0.2, 0.25) is 0 Å². The van der Waals surface area contributed by atoms with Gasteiger partial charge in [-0.1, -0.05) is 24.3 Å². The molecular formula is C19H15N3O3.